The van der Waals surface area contributed by atoms with Crippen molar-refractivity contribution in [3.05, 3.63) is 33.7 Å². The fourth-order valence-electron chi connectivity index (χ4n) is 1.25. The fourth-order valence-corrected chi connectivity index (χ4v) is 3.75. The summed E-state index contributed by atoms with van der Waals surface area (Å²) in [4.78, 5) is 4.19. The van der Waals surface area contributed by atoms with Crippen molar-refractivity contribution < 1.29 is 8.42 Å². The van der Waals surface area contributed by atoms with Crippen LogP contribution >= 0.6 is 27.3 Å². The summed E-state index contributed by atoms with van der Waals surface area (Å²) in [5.74, 6) is 0. The van der Waals surface area contributed by atoms with E-state index < -0.39 is 10.0 Å². The lowest BCUT2D eigenvalue weighted by molar-refractivity contribution is 0.601. The van der Waals surface area contributed by atoms with Crippen LogP contribution in [-0.4, -0.2) is 13.4 Å². The lowest BCUT2D eigenvalue weighted by Gasteiger charge is -2.06. The van der Waals surface area contributed by atoms with Crippen LogP contribution in [0.4, 0.5) is 10.8 Å². The molecule has 0 atom stereocenters. The van der Waals surface area contributed by atoms with Gasteiger partial charge < -0.3 is 5.73 Å². The highest BCUT2D eigenvalue weighted by Gasteiger charge is 2.16. The van der Waals surface area contributed by atoms with E-state index in [0.29, 0.717) is 15.3 Å². The van der Waals surface area contributed by atoms with E-state index >= 15 is 0 Å². The van der Waals surface area contributed by atoms with E-state index in [0.717, 1.165) is 5.69 Å². The predicted octanol–water partition coefficient (Wildman–Crippen LogP) is 2.60. The number of benzene rings is 1. The maximum absolute atomic E-state index is 12.1. The molecule has 8 heteroatoms. The Bertz CT molecular complexity index is 682. The number of aromatic nitrogens is 1. The molecule has 2 rings (SSSR count). The molecule has 0 saturated carbocycles. The molecule has 0 aliphatic rings. The molecule has 0 unspecified atom stereocenters. The quantitative estimate of drug-likeness (QED) is 0.835. The van der Waals surface area contributed by atoms with Gasteiger partial charge in [0.15, 0.2) is 5.13 Å². The summed E-state index contributed by atoms with van der Waals surface area (Å²) in [6.45, 7) is 1.80. The summed E-state index contributed by atoms with van der Waals surface area (Å²) in [6, 6.07) is 4.44. The van der Waals surface area contributed by atoms with Gasteiger partial charge in [0.2, 0.25) is 0 Å². The monoisotopic (exact) mass is 347 g/mol. The normalized spacial score (nSPS) is 11.4. The summed E-state index contributed by atoms with van der Waals surface area (Å²) in [6.07, 6.45) is 0. The molecular formula is C10H10BrN3O2S2. The van der Waals surface area contributed by atoms with Crippen LogP contribution in [0.2, 0.25) is 0 Å². The molecule has 3 N–H and O–H groups in total. The van der Waals surface area contributed by atoms with E-state index in [-0.39, 0.29) is 4.90 Å². The van der Waals surface area contributed by atoms with Crippen molar-refractivity contribution in [1.82, 2.24) is 4.98 Å². The Hall–Kier alpha value is -1.12. The number of nitrogen functional groups attached to an aromatic ring is 1. The zero-order chi connectivity index (χ0) is 13.3. The van der Waals surface area contributed by atoms with Crippen LogP contribution in [0, 0.1) is 6.92 Å². The molecule has 1 heterocycles. The summed E-state index contributed by atoms with van der Waals surface area (Å²) in [5, 5.41) is 2.12. The van der Waals surface area contributed by atoms with Gasteiger partial charge in [0, 0.05) is 15.5 Å². The second-order valence-corrected chi connectivity index (χ2v) is 6.98. The summed E-state index contributed by atoms with van der Waals surface area (Å²) in [7, 11) is -3.63. The van der Waals surface area contributed by atoms with E-state index in [4.69, 9.17) is 5.73 Å². The molecule has 0 spiro atoms. The number of anilines is 2. The zero-order valence-electron chi connectivity index (χ0n) is 9.34. The standard InChI is InChI=1S/C10H10BrN3O2S2/c1-6-5-17-10(13-6)14-18(15,16)7-2-3-9(12)8(11)4-7/h2-5H,12H2,1H3,(H,13,14). The summed E-state index contributed by atoms with van der Waals surface area (Å²) in [5.41, 5.74) is 6.87. The fraction of sp³-hybridized carbons (Fsp3) is 0.100. The first-order chi connectivity index (χ1) is 8.38. The SMILES string of the molecule is Cc1csc(NS(=O)(=O)c2ccc(N)c(Br)c2)n1. The maximum Gasteiger partial charge on any atom is 0.263 e. The molecule has 0 amide bonds. The Morgan fingerprint density at radius 1 is 1.44 bits per heavy atom. The van der Waals surface area contributed by atoms with Crippen molar-refractivity contribution >= 4 is 48.1 Å². The van der Waals surface area contributed by atoms with Gasteiger partial charge in [-0.2, -0.15) is 0 Å². The minimum atomic E-state index is -3.63. The molecule has 0 radical (unpaired) electrons. The third kappa shape index (κ3) is 2.82. The van der Waals surface area contributed by atoms with Crippen molar-refractivity contribution in [2.45, 2.75) is 11.8 Å². The maximum atomic E-state index is 12.1. The van der Waals surface area contributed by atoms with Gasteiger partial charge in [-0.3, -0.25) is 4.72 Å². The first-order valence-corrected chi connectivity index (χ1v) is 8.04. The van der Waals surface area contributed by atoms with Gasteiger partial charge in [-0.25, -0.2) is 13.4 Å². The summed E-state index contributed by atoms with van der Waals surface area (Å²) < 4.78 is 27.1. The molecule has 96 valence electrons. The third-order valence-corrected chi connectivity index (χ3v) is 5.15. The Morgan fingerprint density at radius 2 is 2.17 bits per heavy atom. The average Bonchev–Trinajstić information content (AvgIpc) is 2.67. The summed E-state index contributed by atoms with van der Waals surface area (Å²) >= 11 is 4.44. The Morgan fingerprint density at radius 3 is 2.72 bits per heavy atom. The van der Waals surface area contributed by atoms with E-state index in [9.17, 15) is 8.42 Å². The number of nitrogens with two attached hydrogens (primary N) is 1. The molecule has 1 aromatic carbocycles. The predicted molar refractivity (Wildman–Crippen MR) is 76.2 cm³/mol. The topological polar surface area (TPSA) is 85.1 Å². The molecule has 0 fully saturated rings. The molecule has 0 bridgehead atoms. The minimum absolute atomic E-state index is 0.136. The van der Waals surface area contributed by atoms with Crippen LogP contribution in [0.3, 0.4) is 0 Å². The van der Waals surface area contributed by atoms with E-state index in [1.165, 1.54) is 29.5 Å². The van der Waals surface area contributed by atoms with Crippen LogP contribution < -0.4 is 10.5 Å². The molecule has 0 saturated heterocycles. The van der Waals surface area contributed by atoms with Gasteiger partial charge in [0.25, 0.3) is 10.0 Å². The lowest BCUT2D eigenvalue weighted by atomic mass is 10.3. The number of nitrogens with one attached hydrogen (secondary N) is 1. The van der Waals surface area contributed by atoms with Gasteiger partial charge in [-0.1, -0.05) is 0 Å². The molecule has 18 heavy (non-hydrogen) atoms. The van der Waals surface area contributed by atoms with Crippen molar-refractivity contribution in [3.63, 3.8) is 0 Å². The minimum Gasteiger partial charge on any atom is -0.398 e. The zero-order valence-corrected chi connectivity index (χ0v) is 12.6. The largest absolute Gasteiger partial charge is 0.398 e. The van der Waals surface area contributed by atoms with Crippen molar-refractivity contribution in [2.75, 3.05) is 10.5 Å². The molecule has 1 aromatic heterocycles. The third-order valence-electron chi connectivity index (χ3n) is 2.12. The van der Waals surface area contributed by atoms with Crippen LogP contribution in [0.15, 0.2) is 32.9 Å². The number of rotatable bonds is 3. The first-order valence-electron chi connectivity index (χ1n) is 4.88. The van der Waals surface area contributed by atoms with Gasteiger partial charge >= 0.3 is 0 Å². The van der Waals surface area contributed by atoms with Crippen molar-refractivity contribution in [1.29, 1.82) is 0 Å². The van der Waals surface area contributed by atoms with E-state index in [1.807, 2.05) is 0 Å². The van der Waals surface area contributed by atoms with E-state index in [2.05, 4.69) is 25.6 Å². The number of hydrogen-bond acceptors (Lipinski definition) is 5. The van der Waals surface area contributed by atoms with Crippen LogP contribution in [0.5, 0.6) is 0 Å². The number of thiazole rings is 1. The second kappa shape index (κ2) is 4.87. The molecule has 0 aliphatic carbocycles. The van der Waals surface area contributed by atoms with Crippen LogP contribution in [0.1, 0.15) is 5.69 Å². The average molecular weight is 348 g/mol. The van der Waals surface area contributed by atoms with Crippen LogP contribution in [-0.2, 0) is 10.0 Å². The van der Waals surface area contributed by atoms with Gasteiger partial charge in [-0.15, -0.1) is 11.3 Å². The van der Waals surface area contributed by atoms with Crippen molar-refractivity contribution in [2.24, 2.45) is 0 Å². The molecule has 2 aromatic rings. The van der Waals surface area contributed by atoms with Gasteiger partial charge in [0.1, 0.15) is 0 Å². The van der Waals surface area contributed by atoms with Crippen molar-refractivity contribution in [3.8, 4) is 0 Å². The highest BCUT2D eigenvalue weighted by Crippen LogP contribution is 2.25. The molecule has 0 aliphatic heterocycles. The number of aryl methyl sites for hydroxylation is 1. The number of halogens is 1. The number of sulfonamides is 1. The van der Waals surface area contributed by atoms with Gasteiger partial charge in [-0.05, 0) is 41.1 Å². The number of nitrogens with zero attached hydrogens (tertiary/aromatic N) is 1. The number of hydrogen-bond donors (Lipinski definition) is 2. The van der Waals surface area contributed by atoms with E-state index in [1.54, 1.807) is 12.3 Å². The Kier molecular flexibility index (Phi) is 3.60. The Balaban J connectivity index is 2.33. The van der Waals surface area contributed by atoms with Gasteiger partial charge in [0.05, 0.1) is 10.6 Å². The highest BCUT2D eigenvalue weighted by atomic mass is 79.9. The van der Waals surface area contributed by atoms with Crippen LogP contribution in [0.25, 0.3) is 0 Å². The Labute approximate surface area is 117 Å². The second-order valence-electron chi connectivity index (χ2n) is 3.58. The smallest absolute Gasteiger partial charge is 0.263 e. The highest BCUT2D eigenvalue weighted by molar-refractivity contribution is 9.10. The molecule has 5 nitrogen and oxygen atoms in total. The molecular weight excluding hydrogens is 338 g/mol. The first kappa shape index (κ1) is 13.3. The lowest BCUT2D eigenvalue weighted by Crippen LogP contribution is -2.13.